The molecule has 0 atom stereocenters. The molecule has 0 aromatic carbocycles. The number of piperazine rings is 1. The lowest BCUT2D eigenvalue weighted by atomic mass is 10.0. The summed E-state index contributed by atoms with van der Waals surface area (Å²) in [7, 11) is 0. The van der Waals surface area contributed by atoms with E-state index in [4.69, 9.17) is 0 Å². The van der Waals surface area contributed by atoms with Gasteiger partial charge in [-0.1, -0.05) is 6.07 Å². The van der Waals surface area contributed by atoms with Crippen LogP contribution in [0.25, 0.3) is 11.1 Å². The van der Waals surface area contributed by atoms with Crippen molar-refractivity contribution in [2.24, 2.45) is 0 Å². The van der Waals surface area contributed by atoms with Crippen LogP contribution in [0.1, 0.15) is 13.8 Å². The maximum Gasteiger partial charge on any atom is 0.225 e. The Morgan fingerprint density at radius 2 is 1.95 bits per heavy atom. The average Bonchev–Trinajstić information content (AvgIpc) is 2.47. The van der Waals surface area contributed by atoms with Crippen molar-refractivity contribution >= 4 is 5.95 Å². The Kier molecular flexibility index (Phi) is 3.36. The number of aromatic nitrogens is 3. The van der Waals surface area contributed by atoms with Crippen LogP contribution in [0.4, 0.5) is 5.95 Å². The molecule has 1 saturated heterocycles. The van der Waals surface area contributed by atoms with Crippen LogP contribution in [0.5, 0.6) is 0 Å². The molecular formula is C15H19N5. The van der Waals surface area contributed by atoms with E-state index in [0.29, 0.717) is 0 Å². The van der Waals surface area contributed by atoms with Gasteiger partial charge in [-0.2, -0.15) is 0 Å². The van der Waals surface area contributed by atoms with Gasteiger partial charge < -0.3 is 10.2 Å². The summed E-state index contributed by atoms with van der Waals surface area (Å²) < 4.78 is 0. The topological polar surface area (TPSA) is 53.9 Å². The fraction of sp³-hybridized carbons (Fsp3) is 0.400. The van der Waals surface area contributed by atoms with Crippen molar-refractivity contribution in [3.05, 3.63) is 36.9 Å². The van der Waals surface area contributed by atoms with Gasteiger partial charge in [0.15, 0.2) is 0 Å². The molecule has 0 radical (unpaired) electrons. The van der Waals surface area contributed by atoms with Crippen LogP contribution in [0.15, 0.2) is 36.9 Å². The molecule has 2 aromatic rings. The third-order valence-electron chi connectivity index (χ3n) is 3.49. The van der Waals surface area contributed by atoms with Crippen LogP contribution in [0, 0.1) is 0 Å². The summed E-state index contributed by atoms with van der Waals surface area (Å²) in [4.78, 5) is 15.4. The van der Waals surface area contributed by atoms with Gasteiger partial charge in [0.25, 0.3) is 0 Å². The molecule has 0 spiro atoms. The number of nitrogens with one attached hydrogen (secondary N) is 1. The maximum absolute atomic E-state index is 4.50. The second kappa shape index (κ2) is 5.17. The van der Waals surface area contributed by atoms with Crippen molar-refractivity contribution in [1.82, 2.24) is 20.3 Å². The minimum Gasteiger partial charge on any atom is -0.338 e. The lowest BCUT2D eigenvalue weighted by Crippen LogP contribution is -2.57. The van der Waals surface area contributed by atoms with Gasteiger partial charge >= 0.3 is 0 Å². The van der Waals surface area contributed by atoms with Crippen LogP contribution in [0.2, 0.25) is 0 Å². The first-order valence-electron chi connectivity index (χ1n) is 6.86. The zero-order valence-electron chi connectivity index (χ0n) is 11.9. The lowest BCUT2D eigenvalue weighted by Gasteiger charge is -2.39. The third kappa shape index (κ3) is 2.77. The molecular weight excluding hydrogens is 250 g/mol. The summed E-state index contributed by atoms with van der Waals surface area (Å²) in [5.41, 5.74) is 2.14. The van der Waals surface area contributed by atoms with E-state index in [-0.39, 0.29) is 5.54 Å². The Morgan fingerprint density at radius 3 is 2.60 bits per heavy atom. The molecule has 3 rings (SSSR count). The van der Waals surface area contributed by atoms with Crippen LogP contribution in [-0.2, 0) is 0 Å². The molecule has 0 aliphatic carbocycles. The van der Waals surface area contributed by atoms with Crippen molar-refractivity contribution in [3.63, 3.8) is 0 Å². The first-order chi connectivity index (χ1) is 9.64. The van der Waals surface area contributed by atoms with Crippen molar-refractivity contribution in [1.29, 1.82) is 0 Å². The van der Waals surface area contributed by atoms with Crippen LogP contribution >= 0.6 is 0 Å². The van der Waals surface area contributed by atoms with Gasteiger partial charge in [0.05, 0.1) is 0 Å². The van der Waals surface area contributed by atoms with Crippen molar-refractivity contribution in [3.8, 4) is 11.1 Å². The van der Waals surface area contributed by atoms with Crippen LogP contribution in [0.3, 0.4) is 0 Å². The molecule has 0 unspecified atom stereocenters. The summed E-state index contributed by atoms with van der Waals surface area (Å²) in [6, 6.07) is 3.93. The molecule has 104 valence electrons. The molecule has 5 nitrogen and oxygen atoms in total. The van der Waals surface area contributed by atoms with Crippen LogP contribution < -0.4 is 10.2 Å². The first-order valence-corrected chi connectivity index (χ1v) is 6.86. The molecule has 1 fully saturated rings. The summed E-state index contributed by atoms with van der Waals surface area (Å²) in [6.07, 6.45) is 7.33. The molecule has 1 N–H and O–H groups in total. The maximum atomic E-state index is 4.50. The zero-order valence-corrected chi connectivity index (χ0v) is 11.9. The minimum atomic E-state index is 0.101. The summed E-state index contributed by atoms with van der Waals surface area (Å²) in [6.45, 7) is 7.21. The molecule has 0 saturated carbocycles. The molecule has 20 heavy (non-hydrogen) atoms. The SMILES string of the molecule is CC1(C)CN(c2ncc(-c3cccnc3)cn2)CCN1. The number of nitrogens with zero attached hydrogens (tertiary/aromatic N) is 4. The lowest BCUT2D eigenvalue weighted by molar-refractivity contribution is 0.350. The average molecular weight is 269 g/mol. The molecule has 0 bridgehead atoms. The monoisotopic (exact) mass is 269 g/mol. The fourth-order valence-corrected chi connectivity index (χ4v) is 2.48. The van der Waals surface area contributed by atoms with Gasteiger partial charge in [-0.3, -0.25) is 4.98 Å². The van der Waals surface area contributed by atoms with E-state index >= 15 is 0 Å². The molecule has 0 amide bonds. The van der Waals surface area contributed by atoms with E-state index < -0.39 is 0 Å². The van der Waals surface area contributed by atoms with E-state index in [1.54, 1.807) is 6.20 Å². The Hall–Kier alpha value is -2.01. The van der Waals surface area contributed by atoms with Crippen LogP contribution in [-0.4, -0.2) is 40.1 Å². The number of hydrogen-bond donors (Lipinski definition) is 1. The van der Waals surface area contributed by atoms with E-state index in [2.05, 4.69) is 39.0 Å². The van der Waals surface area contributed by atoms with E-state index in [1.807, 2.05) is 30.7 Å². The number of anilines is 1. The van der Waals surface area contributed by atoms with Gasteiger partial charge in [0.1, 0.15) is 0 Å². The Balaban J connectivity index is 1.80. The van der Waals surface area contributed by atoms with Gasteiger partial charge in [0, 0.05) is 61.1 Å². The predicted octanol–water partition coefficient (Wildman–Crippen LogP) is 1.73. The Morgan fingerprint density at radius 1 is 1.15 bits per heavy atom. The highest BCUT2D eigenvalue weighted by molar-refractivity contribution is 5.60. The number of hydrogen-bond acceptors (Lipinski definition) is 5. The third-order valence-corrected chi connectivity index (χ3v) is 3.49. The molecule has 1 aliphatic rings. The normalized spacial score (nSPS) is 18.0. The molecule has 2 aromatic heterocycles. The Labute approximate surface area is 119 Å². The van der Waals surface area contributed by atoms with E-state index in [0.717, 1.165) is 36.7 Å². The standard InChI is InChI=1S/C15H19N5/c1-15(2)11-20(7-6-19-15)14-17-9-13(10-18-14)12-4-3-5-16-8-12/h3-5,8-10,19H,6-7,11H2,1-2H3. The summed E-state index contributed by atoms with van der Waals surface area (Å²) >= 11 is 0. The van der Waals surface area contributed by atoms with Crippen molar-refractivity contribution < 1.29 is 0 Å². The Bertz CT molecular complexity index is 565. The smallest absolute Gasteiger partial charge is 0.225 e. The summed E-state index contributed by atoms with van der Waals surface area (Å²) in [5.74, 6) is 0.798. The molecule has 3 heterocycles. The van der Waals surface area contributed by atoms with E-state index in [9.17, 15) is 0 Å². The van der Waals surface area contributed by atoms with Gasteiger partial charge in [0.2, 0.25) is 5.95 Å². The minimum absolute atomic E-state index is 0.101. The second-order valence-electron chi connectivity index (χ2n) is 5.75. The highest BCUT2D eigenvalue weighted by Gasteiger charge is 2.26. The molecule has 5 heteroatoms. The largest absolute Gasteiger partial charge is 0.338 e. The van der Waals surface area contributed by atoms with Gasteiger partial charge in [-0.25, -0.2) is 9.97 Å². The molecule has 1 aliphatic heterocycles. The predicted molar refractivity (Wildman–Crippen MR) is 79.6 cm³/mol. The number of pyridine rings is 1. The highest BCUT2D eigenvalue weighted by Crippen LogP contribution is 2.19. The van der Waals surface area contributed by atoms with E-state index in [1.165, 1.54) is 0 Å². The summed E-state index contributed by atoms with van der Waals surface area (Å²) in [5, 5.41) is 3.49. The zero-order chi connectivity index (χ0) is 14.0. The van der Waals surface area contributed by atoms with Gasteiger partial charge in [-0.05, 0) is 19.9 Å². The highest BCUT2D eigenvalue weighted by atomic mass is 15.3. The van der Waals surface area contributed by atoms with Gasteiger partial charge in [-0.15, -0.1) is 0 Å². The van der Waals surface area contributed by atoms with Crippen molar-refractivity contribution in [2.75, 3.05) is 24.5 Å². The second-order valence-corrected chi connectivity index (χ2v) is 5.75. The van der Waals surface area contributed by atoms with Crippen molar-refractivity contribution in [2.45, 2.75) is 19.4 Å². The number of rotatable bonds is 2. The fourth-order valence-electron chi connectivity index (χ4n) is 2.48. The quantitative estimate of drug-likeness (QED) is 0.899. The first kappa shape index (κ1) is 13.0.